The summed E-state index contributed by atoms with van der Waals surface area (Å²) in [5.74, 6) is -3.78. The van der Waals surface area contributed by atoms with Crippen molar-refractivity contribution in [2.75, 3.05) is 0 Å². The zero-order chi connectivity index (χ0) is 23.0. The summed E-state index contributed by atoms with van der Waals surface area (Å²) in [6.07, 6.45) is 6.58. The van der Waals surface area contributed by atoms with Crippen LogP contribution in [0.5, 0.6) is 0 Å². The minimum atomic E-state index is -0.833. The van der Waals surface area contributed by atoms with E-state index >= 15 is 0 Å². The van der Waals surface area contributed by atoms with Crippen LogP contribution in [0.2, 0.25) is 0 Å². The SMILES string of the molecule is CC(=O)O.Fc1c(Br)cc2c(c1F)CC=C2.Fc1c(Br)cc2c(c1F)CCC2.[B].[C-]#N.[Na+]. The molecule has 2 aromatic carbocycles. The molecule has 2 aromatic rings. The number of allylic oxidation sites excluding steroid dienone is 1. The van der Waals surface area contributed by atoms with E-state index in [1.54, 1.807) is 18.2 Å². The monoisotopic (exact) mass is 582 g/mol. The molecule has 0 saturated carbocycles. The van der Waals surface area contributed by atoms with Crippen LogP contribution in [0.1, 0.15) is 35.6 Å². The predicted molar refractivity (Wildman–Crippen MR) is 117 cm³/mol. The summed E-state index contributed by atoms with van der Waals surface area (Å²) in [5, 5.41) is 13.7. The number of aryl methyl sites for hydroxylation is 1. The Morgan fingerprint density at radius 1 is 0.969 bits per heavy atom. The Bertz CT molecular complexity index is 985. The summed E-state index contributed by atoms with van der Waals surface area (Å²) in [7, 11) is 0. The summed E-state index contributed by atoms with van der Waals surface area (Å²) < 4.78 is 52.6. The topological polar surface area (TPSA) is 61.1 Å². The van der Waals surface area contributed by atoms with Gasteiger partial charge in [-0.3, -0.25) is 4.79 Å². The number of hydrogen-bond acceptors (Lipinski definition) is 2. The Kier molecular flexibility index (Phi) is 16.2. The number of aliphatic carboxylic acids is 1. The summed E-state index contributed by atoms with van der Waals surface area (Å²) in [6, 6.07) is 3.28. The molecule has 4 rings (SSSR count). The maximum absolute atomic E-state index is 13.2. The fraction of sp³-hybridized carbons (Fsp3) is 0.238. The van der Waals surface area contributed by atoms with E-state index in [1.807, 2.05) is 6.08 Å². The molecule has 0 bridgehead atoms. The molecule has 11 heteroatoms. The largest absolute Gasteiger partial charge is 1.00 e. The normalized spacial score (nSPS) is 11.5. The molecule has 0 spiro atoms. The van der Waals surface area contributed by atoms with Crippen molar-refractivity contribution >= 4 is 52.3 Å². The number of benzene rings is 2. The Hall–Kier alpha value is -1.12. The van der Waals surface area contributed by atoms with Crippen LogP contribution < -0.4 is 29.6 Å². The third-order valence-corrected chi connectivity index (χ3v) is 5.30. The average Bonchev–Trinajstić information content (AvgIpc) is 3.35. The second-order valence-electron chi connectivity index (χ2n) is 6.16. The fourth-order valence-corrected chi connectivity index (χ4v) is 3.81. The molecule has 0 fully saturated rings. The quantitative estimate of drug-likeness (QED) is 0.224. The van der Waals surface area contributed by atoms with Crippen molar-refractivity contribution < 1.29 is 57.0 Å². The molecule has 0 atom stereocenters. The molecule has 32 heavy (non-hydrogen) atoms. The molecule has 0 unspecified atom stereocenters. The second kappa shape index (κ2) is 15.7. The first-order valence-electron chi connectivity index (χ1n) is 8.53. The van der Waals surface area contributed by atoms with E-state index in [9.17, 15) is 17.6 Å². The molecule has 0 amide bonds. The van der Waals surface area contributed by atoms with Gasteiger partial charge in [-0.05, 0) is 86.4 Å². The molecular formula is C21H16BBr2F4NNaO2. The minimum absolute atomic E-state index is 0. The molecule has 163 valence electrons. The number of hydrogen-bond donors (Lipinski definition) is 1. The van der Waals surface area contributed by atoms with Gasteiger partial charge in [0.1, 0.15) is 0 Å². The zero-order valence-corrected chi connectivity index (χ0v) is 22.5. The molecule has 1 N–H and O–H groups in total. The zero-order valence-electron chi connectivity index (χ0n) is 17.3. The van der Waals surface area contributed by atoms with Crippen molar-refractivity contribution in [3.8, 4) is 0 Å². The third-order valence-electron chi connectivity index (χ3n) is 4.15. The summed E-state index contributed by atoms with van der Waals surface area (Å²) in [6.45, 7) is 5.83. The number of carboxylic acids is 1. The number of nitrogens with zero attached hydrogens (tertiary/aromatic N) is 1. The van der Waals surface area contributed by atoms with Gasteiger partial charge in [0.25, 0.3) is 5.97 Å². The average molecular weight is 584 g/mol. The van der Waals surface area contributed by atoms with Gasteiger partial charge in [0.15, 0.2) is 23.3 Å². The van der Waals surface area contributed by atoms with E-state index in [0.717, 1.165) is 30.9 Å². The van der Waals surface area contributed by atoms with Crippen LogP contribution in [0, 0.1) is 35.1 Å². The van der Waals surface area contributed by atoms with E-state index in [1.165, 1.54) is 0 Å². The third kappa shape index (κ3) is 8.67. The number of rotatable bonds is 0. The maximum Gasteiger partial charge on any atom is 1.00 e. The number of halogens is 6. The fourth-order valence-electron chi connectivity index (χ4n) is 2.94. The molecule has 0 heterocycles. The van der Waals surface area contributed by atoms with Gasteiger partial charge >= 0.3 is 29.6 Å². The van der Waals surface area contributed by atoms with Crippen molar-refractivity contribution in [3.63, 3.8) is 0 Å². The smallest absolute Gasteiger partial charge is 0.512 e. The van der Waals surface area contributed by atoms with Crippen LogP contribution >= 0.6 is 31.9 Å². The Morgan fingerprint density at radius 3 is 1.97 bits per heavy atom. The van der Waals surface area contributed by atoms with Crippen molar-refractivity contribution in [1.29, 1.82) is 5.26 Å². The van der Waals surface area contributed by atoms with Gasteiger partial charge in [0.2, 0.25) is 0 Å². The van der Waals surface area contributed by atoms with Gasteiger partial charge in [0.05, 0.1) is 8.95 Å². The van der Waals surface area contributed by atoms with Crippen molar-refractivity contribution in [2.45, 2.75) is 32.6 Å². The van der Waals surface area contributed by atoms with Crippen LogP contribution in [0.15, 0.2) is 27.2 Å². The Morgan fingerprint density at radius 2 is 1.44 bits per heavy atom. The van der Waals surface area contributed by atoms with Gasteiger partial charge in [0, 0.05) is 20.9 Å². The van der Waals surface area contributed by atoms with Crippen molar-refractivity contribution in [3.05, 3.63) is 79.2 Å². The summed E-state index contributed by atoms with van der Waals surface area (Å²) in [4.78, 5) is 9.00. The van der Waals surface area contributed by atoms with Crippen molar-refractivity contribution in [1.82, 2.24) is 0 Å². The van der Waals surface area contributed by atoms with Crippen molar-refractivity contribution in [2.24, 2.45) is 0 Å². The number of carbonyl (C=O) groups is 1. The Balaban J connectivity index is 0. The minimum Gasteiger partial charge on any atom is -0.512 e. The second-order valence-corrected chi connectivity index (χ2v) is 7.87. The van der Waals surface area contributed by atoms with Gasteiger partial charge in [-0.1, -0.05) is 12.2 Å². The first kappa shape index (κ1) is 33.1. The molecule has 2 aliphatic rings. The summed E-state index contributed by atoms with van der Waals surface area (Å²) >= 11 is 5.94. The van der Waals surface area contributed by atoms with Gasteiger partial charge < -0.3 is 16.9 Å². The maximum atomic E-state index is 13.2. The van der Waals surface area contributed by atoms with Crippen LogP contribution in [-0.4, -0.2) is 19.5 Å². The van der Waals surface area contributed by atoms with Crippen LogP contribution in [0.25, 0.3) is 6.08 Å². The van der Waals surface area contributed by atoms with E-state index in [2.05, 4.69) is 31.9 Å². The molecule has 0 aromatic heterocycles. The Labute approximate surface area is 225 Å². The van der Waals surface area contributed by atoms with Gasteiger partial charge in [-0.25, -0.2) is 17.6 Å². The van der Waals surface area contributed by atoms with Crippen LogP contribution in [-0.2, 0) is 24.1 Å². The van der Waals surface area contributed by atoms with Crippen LogP contribution in [0.3, 0.4) is 0 Å². The first-order valence-corrected chi connectivity index (χ1v) is 10.1. The molecule has 0 saturated heterocycles. The van der Waals surface area contributed by atoms with E-state index in [0.29, 0.717) is 24.0 Å². The molecular weight excluding hydrogens is 568 g/mol. The predicted octanol–water partition coefficient (Wildman–Crippen LogP) is 3.32. The van der Waals surface area contributed by atoms with Gasteiger partial charge in [-0.2, -0.15) is 0 Å². The first-order chi connectivity index (χ1) is 14.1. The molecule has 2 aliphatic carbocycles. The number of carboxylic acid groups (broad SMARTS) is 1. The van der Waals surface area contributed by atoms with E-state index < -0.39 is 29.2 Å². The summed E-state index contributed by atoms with van der Waals surface area (Å²) in [5.41, 5.74) is 2.73. The van der Waals surface area contributed by atoms with Gasteiger partial charge in [-0.15, -0.1) is 0 Å². The van der Waals surface area contributed by atoms with E-state index in [-0.39, 0.29) is 46.9 Å². The van der Waals surface area contributed by atoms with Crippen LogP contribution in [0.4, 0.5) is 17.6 Å². The van der Waals surface area contributed by atoms with E-state index in [4.69, 9.17) is 21.7 Å². The standard InChI is InChI=1S/C9H7BrF2.C9H5BrF2.C2H4O2.CN.B.Na/c2*10-7-4-5-2-1-3-6(5)8(11)9(7)12;1-2(3)4;1-2;;/h4H,1-3H2;1-2,4H,3H2;1H3,(H,3,4);;;/q;;;-1;;+1. The molecule has 3 radical (unpaired) electrons. The number of fused-ring (bicyclic) bond motifs is 2. The molecule has 3 nitrogen and oxygen atoms in total. The molecule has 0 aliphatic heterocycles.